The van der Waals surface area contributed by atoms with Gasteiger partial charge in [-0.1, -0.05) is 24.3 Å². The van der Waals surface area contributed by atoms with Crippen LogP contribution in [0.1, 0.15) is 34.8 Å². The fraction of sp³-hybridized carbons (Fsp3) is 0.323. The Labute approximate surface area is 239 Å². The van der Waals surface area contributed by atoms with Crippen molar-refractivity contribution in [3.05, 3.63) is 95.3 Å². The molecule has 1 saturated heterocycles. The molecule has 3 aromatic carbocycles. The number of quaternary nitrogens is 1. The first-order valence-electron chi connectivity index (χ1n) is 13.6. The molecule has 0 radical (unpaired) electrons. The van der Waals surface area contributed by atoms with Gasteiger partial charge < -0.3 is 30.7 Å². The number of anilines is 1. The van der Waals surface area contributed by atoms with Crippen LogP contribution in [0.3, 0.4) is 0 Å². The lowest BCUT2D eigenvalue weighted by Crippen LogP contribution is -3.09. The lowest BCUT2D eigenvalue weighted by molar-refractivity contribution is -0.901. The van der Waals surface area contributed by atoms with E-state index in [1.807, 2.05) is 24.3 Å². The smallest absolute Gasteiger partial charge is 0.338 e. The molecule has 9 nitrogen and oxygen atoms in total. The lowest BCUT2D eigenvalue weighted by atomic mass is 10.0. The molecule has 3 atom stereocenters. The summed E-state index contributed by atoms with van der Waals surface area (Å²) in [5.74, 6) is -0.352. The van der Waals surface area contributed by atoms with Crippen LogP contribution in [0.2, 0.25) is 0 Å². The number of benzene rings is 3. The van der Waals surface area contributed by atoms with Crippen molar-refractivity contribution in [3.8, 4) is 5.75 Å². The van der Waals surface area contributed by atoms with E-state index in [1.165, 1.54) is 17.0 Å². The quantitative estimate of drug-likeness (QED) is 0.179. The van der Waals surface area contributed by atoms with Crippen molar-refractivity contribution in [2.45, 2.75) is 38.4 Å². The number of aromatic hydroxyl groups is 1. The van der Waals surface area contributed by atoms with Crippen LogP contribution in [0.25, 0.3) is 0 Å². The van der Waals surface area contributed by atoms with Crippen molar-refractivity contribution in [1.29, 1.82) is 0 Å². The summed E-state index contributed by atoms with van der Waals surface area (Å²) in [4.78, 5) is 35.3. The first kappa shape index (κ1) is 31.3. The van der Waals surface area contributed by atoms with Gasteiger partial charge in [0.2, 0.25) is 12.3 Å². The Morgan fingerprint density at radius 2 is 1.71 bits per heavy atom. The Kier molecular flexibility index (Phi) is 12.3. The minimum Gasteiger partial charge on any atom is -0.508 e. The highest BCUT2D eigenvalue weighted by Crippen LogP contribution is 2.12. The number of hydrogen-bond acceptors (Lipinski definition) is 6. The lowest BCUT2D eigenvalue weighted by Gasteiger charge is -2.19. The van der Waals surface area contributed by atoms with E-state index in [-0.39, 0.29) is 35.5 Å². The number of amides is 2. The van der Waals surface area contributed by atoms with Gasteiger partial charge in [0.25, 0.3) is 0 Å². The number of nitrogens with one attached hydrogen (secondary N) is 4. The van der Waals surface area contributed by atoms with E-state index in [0.717, 1.165) is 37.2 Å². The highest BCUT2D eigenvalue weighted by atomic mass is 19.1. The molecule has 218 valence electrons. The van der Waals surface area contributed by atoms with Crippen LogP contribution in [-0.2, 0) is 27.3 Å². The predicted octanol–water partition coefficient (Wildman–Crippen LogP) is 2.07. The Balaban J connectivity index is 0.000000278. The largest absolute Gasteiger partial charge is 0.508 e. The molecule has 1 aliphatic heterocycles. The monoisotopic (exact) mass is 565 g/mol. The van der Waals surface area contributed by atoms with E-state index in [4.69, 9.17) is 4.74 Å². The van der Waals surface area contributed by atoms with E-state index in [9.17, 15) is 23.9 Å². The highest BCUT2D eigenvalue weighted by Gasteiger charge is 2.29. The number of likely N-dealkylation sites (tertiary alicyclic amines) is 1. The Morgan fingerprint density at radius 1 is 1.05 bits per heavy atom. The van der Waals surface area contributed by atoms with Crippen LogP contribution in [0.15, 0.2) is 72.8 Å². The molecule has 41 heavy (non-hydrogen) atoms. The molecule has 10 heteroatoms. The Hall–Kier alpha value is -4.28. The SMILES string of the molecule is CCOC(=O)c1ccc(NC=O)cc1.CN[C@@H](Cc1ccc(O)cc1)C(=O)NC1CC[NH+](Cc2ccc(F)cc2)C1. The van der Waals surface area contributed by atoms with Gasteiger partial charge in [0.1, 0.15) is 18.1 Å². The average Bonchev–Trinajstić information content (AvgIpc) is 3.41. The van der Waals surface area contributed by atoms with Crippen molar-refractivity contribution in [1.82, 2.24) is 10.6 Å². The molecule has 5 N–H and O–H groups in total. The number of hydrogen-bond donors (Lipinski definition) is 5. The number of phenols is 1. The van der Waals surface area contributed by atoms with Gasteiger partial charge in [-0.05, 0) is 74.5 Å². The summed E-state index contributed by atoms with van der Waals surface area (Å²) in [5, 5.41) is 18.1. The average molecular weight is 566 g/mol. The number of carbonyl (C=O) groups excluding carboxylic acids is 3. The molecule has 1 fully saturated rings. The second-order valence-corrected chi connectivity index (χ2v) is 9.77. The van der Waals surface area contributed by atoms with Crippen LogP contribution < -0.4 is 20.9 Å². The van der Waals surface area contributed by atoms with E-state index >= 15 is 0 Å². The van der Waals surface area contributed by atoms with Crippen LogP contribution in [0.5, 0.6) is 5.75 Å². The molecule has 2 amide bonds. The van der Waals surface area contributed by atoms with Crippen LogP contribution in [0, 0.1) is 5.82 Å². The molecule has 0 aromatic heterocycles. The maximum absolute atomic E-state index is 13.0. The number of likely N-dealkylation sites (N-methyl/N-ethyl adjacent to an activating group) is 1. The highest BCUT2D eigenvalue weighted by molar-refractivity contribution is 5.90. The normalized spacial score (nSPS) is 16.6. The molecule has 1 aliphatic rings. The summed E-state index contributed by atoms with van der Waals surface area (Å²) in [6.45, 7) is 4.81. The molecule has 4 rings (SSSR count). The van der Waals surface area contributed by atoms with Gasteiger partial charge in [-0.25, -0.2) is 9.18 Å². The van der Waals surface area contributed by atoms with E-state index in [1.54, 1.807) is 50.4 Å². The molecule has 0 bridgehead atoms. The third-order valence-corrected chi connectivity index (χ3v) is 6.76. The summed E-state index contributed by atoms with van der Waals surface area (Å²) >= 11 is 0. The topological polar surface area (TPSA) is 121 Å². The van der Waals surface area contributed by atoms with Crippen molar-refractivity contribution in [2.75, 3.05) is 32.1 Å². The second kappa shape index (κ2) is 16.1. The van der Waals surface area contributed by atoms with Crippen molar-refractivity contribution < 1.29 is 33.5 Å². The zero-order chi connectivity index (χ0) is 29.6. The molecule has 3 aromatic rings. The minimum absolute atomic E-state index is 0.00129. The first-order chi connectivity index (χ1) is 19.8. The summed E-state index contributed by atoms with van der Waals surface area (Å²) < 4.78 is 17.8. The fourth-order valence-corrected chi connectivity index (χ4v) is 4.59. The molecule has 0 spiro atoms. The Morgan fingerprint density at radius 3 is 2.32 bits per heavy atom. The molecular weight excluding hydrogens is 527 g/mol. The number of ether oxygens (including phenoxy) is 1. The number of rotatable bonds is 11. The van der Waals surface area contributed by atoms with E-state index in [0.29, 0.717) is 30.7 Å². The van der Waals surface area contributed by atoms with E-state index in [2.05, 4.69) is 16.0 Å². The van der Waals surface area contributed by atoms with Gasteiger partial charge in [-0.15, -0.1) is 0 Å². The van der Waals surface area contributed by atoms with Crippen LogP contribution >= 0.6 is 0 Å². The minimum atomic E-state index is -0.356. The summed E-state index contributed by atoms with van der Waals surface area (Å²) in [6.07, 6.45) is 2.10. The van der Waals surface area contributed by atoms with Gasteiger partial charge in [-0.3, -0.25) is 9.59 Å². The zero-order valence-corrected chi connectivity index (χ0v) is 23.4. The molecule has 2 unspecified atom stereocenters. The van der Waals surface area contributed by atoms with Crippen LogP contribution in [-0.4, -0.2) is 62.2 Å². The number of phenolic OH excluding ortho intramolecular Hbond substituents is 1. The van der Waals surface area contributed by atoms with Gasteiger partial charge in [0.05, 0.1) is 37.3 Å². The van der Waals surface area contributed by atoms with Crippen molar-refractivity contribution in [3.63, 3.8) is 0 Å². The molecule has 1 heterocycles. The van der Waals surface area contributed by atoms with Crippen molar-refractivity contribution >= 4 is 24.0 Å². The van der Waals surface area contributed by atoms with E-state index < -0.39 is 0 Å². The third kappa shape index (κ3) is 10.3. The van der Waals surface area contributed by atoms with Gasteiger partial charge in [-0.2, -0.15) is 0 Å². The summed E-state index contributed by atoms with van der Waals surface area (Å²) in [5.41, 5.74) is 3.23. The summed E-state index contributed by atoms with van der Waals surface area (Å²) in [6, 6.07) is 19.9. The first-order valence-corrected chi connectivity index (χ1v) is 13.6. The number of esters is 1. The predicted molar refractivity (Wildman–Crippen MR) is 154 cm³/mol. The molecule has 0 aliphatic carbocycles. The second-order valence-electron chi connectivity index (χ2n) is 9.77. The number of carbonyl (C=O) groups is 3. The van der Waals surface area contributed by atoms with Gasteiger partial charge >= 0.3 is 5.97 Å². The van der Waals surface area contributed by atoms with Crippen LogP contribution in [0.4, 0.5) is 10.1 Å². The van der Waals surface area contributed by atoms with Gasteiger partial charge in [0, 0.05) is 17.7 Å². The number of halogens is 1. The maximum Gasteiger partial charge on any atom is 0.338 e. The van der Waals surface area contributed by atoms with Crippen molar-refractivity contribution in [2.24, 2.45) is 0 Å². The zero-order valence-electron chi connectivity index (χ0n) is 23.4. The standard InChI is InChI=1S/C21H26FN3O2.C10H11NO3/c1-23-20(12-15-4-8-19(26)9-5-15)21(27)24-18-10-11-25(14-18)13-16-2-6-17(22)7-3-16;1-2-14-10(13)8-3-5-9(6-4-8)11-7-12/h2-9,18,20,23,26H,10-14H2,1H3,(H,24,27);3-7H,2H2,1H3,(H,11,12)/p+1/t18?,20-;/m0./s1. The molecular formula is C31H38FN4O5+. The maximum atomic E-state index is 13.0. The van der Waals surface area contributed by atoms with Gasteiger partial charge in [0.15, 0.2) is 0 Å². The fourth-order valence-electron chi connectivity index (χ4n) is 4.59. The molecule has 0 saturated carbocycles. The Bertz CT molecular complexity index is 1250. The third-order valence-electron chi connectivity index (χ3n) is 6.76. The summed E-state index contributed by atoms with van der Waals surface area (Å²) in [7, 11) is 1.78.